The molecule has 0 aromatic carbocycles. The van der Waals surface area contributed by atoms with Crippen molar-refractivity contribution < 1.29 is 4.74 Å². The summed E-state index contributed by atoms with van der Waals surface area (Å²) >= 11 is 0. The average molecular weight is 168 g/mol. The summed E-state index contributed by atoms with van der Waals surface area (Å²) in [7, 11) is 1.97. The Kier molecular flexibility index (Phi) is 3.29. The molecule has 3 heteroatoms. The molecule has 1 rings (SSSR count). The molecule has 68 valence electrons. The summed E-state index contributed by atoms with van der Waals surface area (Å²) < 4.78 is 7.41. The lowest BCUT2D eigenvalue weighted by Gasteiger charge is -2.06. The Morgan fingerprint density at radius 1 is 1.58 bits per heavy atom. The smallest absolute Gasteiger partial charge is 0.134 e. The van der Waals surface area contributed by atoms with Gasteiger partial charge in [-0.1, -0.05) is 13.8 Å². The number of nitrogens with zero attached hydrogens (tertiary/aromatic N) is 2. The van der Waals surface area contributed by atoms with Gasteiger partial charge in [0.2, 0.25) is 0 Å². The first-order valence-corrected chi connectivity index (χ1v) is 4.24. The highest BCUT2D eigenvalue weighted by atomic mass is 16.5. The van der Waals surface area contributed by atoms with Crippen LogP contribution < -0.4 is 0 Å². The van der Waals surface area contributed by atoms with Gasteiger partial charge in [-0.3, -0.25) is 0 Å². The maximum absolute atomic E-state index is 5.44. The first-order valence-electron chi connectivity index (χ1n) is 4.24. The van der Waals surface area contributed by atoms with Crippen LogP contribution in [0.3, 0.4) is 0 Å². The molecule has 0 radical (unpaired) electrons. The highest BCUT2D eigenvalue weighted by Crippen LogP contribution is 1.99. The Morgan fingerprint density at radius 3 is 2.83 bits per heavy atom. The van der Waals surface area contributed by atoms with Gasteiger partial charge in [0.15, 0.2) is 0 Å². The van der Waals surface area contributed by atoms with E-state index in [2.05, 4.69) is 18.8 Å². The minimum atomic E-state index is 0.588. The van der Waals surface area contributed by atoms with Crippen LogP contribution in [0.15, 0.2) is 12.4 Å². The van der Waals surface area contributed by atoms with E-state index in [1.807, 2.05) is 17.8 Å². The third-order valence-corrected chi connectivity index (χ3v) is 1.60. The maximum Gasteiger partial charge on any atom is 0.134 e. The molecule has 0 aliphatic rings. The van der Waals surface area contributed by atoms with E-state index < -0.39 is 0 Å². The topological polar surface area (TPSA) is 27.1 Å². The first-order chi connectivity index (χ1) is 5.70. The number of rotatable bonds is 4. The molecule has 0 aliphatic heterocycles. The van der Waals surface area contributed by atoms with Crippen LogP contribution in [0.5, 0.6) is 0 Å². The van der Waals surface area contributed by atoms with Crippen molar-refractivity contribution in [2.75, 3.05) is 6.61 Å². The quantitative estimate of drug-likeness (QED) is 0.682. The maximum atomic E-state index is 5.44. The molecule has 1 heterocycles. The number of imidazole rings is 1. The molecule has 0 amide bonds. The standard InChI is InChI=1S/C9H16N2O/c1-8(2)6-12-7-9-10-4-5-11(9)3/h4-5,8H,6-7H2,1-3H3. The fraction of sp³-hybridized carbons (Fsp3) is 0.667. The van der Waals surface area contributed by atoms with Gasteiger partial charge in [0.05, 0.1) is 0 Å². The van der Waals surface area contributed by atoms with Crippen molar-refractivity contribution in [3.63, 3.8) is 0 Å². The Bertz CT molecular complexity index is 230. The molecule has 1 aromatic heterocycles. The molecule has 1 aromatic rings. The summed E-state index contributed by atoms with van der Waals surface area (Å²) in [5.74, 6) is 1.57. The molecule has 12 heavy (non-hydrogen) atoms. The lowest BCUT2D eigenvalue weighted by Crippen LogP contribution is -2.05. The second kappa shape index (κ2) is 4.26. The van der Waals surface area contributed by atoms with Crippen molar-refractivity contribution >= 4 is 0 Å². The van der Waals surface area contributed by atoms with E-state index in [4.69, 9.17) is 4.74 Å². The molecule has 0 aliphatic carbocycles. The molecular formula is C9H16N2O. The molecule has 0 atom stereocenters. The van der Waals surface area contributed by atoms with Gasteiger partial charge >= 0.3 is 0 Å². The Balaban J connectivity index is 2.29. The number of aryl methyl sites for hydroxylation is 1. The number of aromatic nitrogens is 2. The monoisotopic (exact) mass is 168 g/mol. The van der Waals surface area contributed by atoms with Crippen LogP contribution in [-0.4, -0.2) is 16.2 Å². The molecule has 0 spiro atoms. The van der Waals surface area contributed by atoms with E-state index >= 15 is 0 Å². The summed E-state index contributed by atoms with van der Waals surface area (Å²) in [5, 5.41) is 0. The number of hydrogen-bond acceptors (Lipinski definition) is 2. The van der Waals surface area contributed by atoms with Crippen LogP contribution in [0.4, 0.5) is 0 Å². The van der Waals surface area contributed by atoms with Crippen molar-refractivity contribution in [1.82, 2.24) is 9.55 Å². The number of ether oxygens (including phenoxy) is 1. The fourth-order valence-electron chi connectivity index (χ4n) is 0.921. The van der Waals surface area contributed by atoms with E-state index in [-0.39, 0.29) is 0 Å². The second-order valence-corrected chi connectivity index (χ2v) is 3.36. The Labute approximate surface area is 73.4 Å². The molecular weight excluding hydrogens is 152 g/mol. The zero-order chi connectivity index (χ0) is 8.97. The van der Waals surface area contributed by atoms with E-state index in [0.717, 1.165) is 12.4 Å². The summed E-state index contributed by atoms with van der Waals surface area (Å²) in [6.45, 7) is 5.69. The van der Waals surface area contributed by atoms with Crippen molar-refractivity contribution in [2.45, 2.75) is 20.5 Å². The van der Waals surface area contributed by atoms with Gasteiger partial charge in [-0.15, -0.1) is 0 Å². The van der Waals surface area contributed by atoms with Crippen molar-refractivity contribution in [2.24, 2.45) is 13.0 Å². The highest BCUT2D eigenvalue weighted by Gasteiger charge is 1.99. The largest absolute Gasteiger partial charge is 0.373 e. The summed E-state index contributed by atoms with van der Waals surface area (Å²) in [4.78, 5) is 4.15. The van der Waals surface area contributed by atoms with Crippen molar-refractivity contribution in [3.05, 3.63) is 18.2 Å². The normalized spacial score (nSPS) is 11.0. The molecule has 0 saturated heterocycles. The second-order valence-electron chi connectivity index (χ2n) is 3.36. The van der Waals surface area contributed by atoms with Crippen LogP contribution in [0.25, 0.3) is 0 Å². The van der Waals surface area contributed by atoms with Crippen LogP contribution in [0.1, 0.15) is 19.7 Å². The molecule has 0 fully saturated rings. The molecule has 0 bridgehead atoms. The van der Waals surface area contributed by atoms with Gasteiger partial charge in [-0.25, -0.2) is 4.98 Å². The van der Waals surface area contributed by atoms with Gasteiger partial charge in [-0.05, 0) is 5.92 Å². The van der Waals surface area contributed by atoms with E-state index in [0.29, 0.717) is 12.5 Å². The van der Waals surface area contributed by atoms with Crippen molar-refractivity contribution in [1.29, 1.82) is 0 Å². The summed E-state index contributed by atoms with van der Waals surface area (Å²) in [6.07, 6.45) is 3.71. The predicted octanol–water partition coefficient (Wildman–Crippen LogP) is 1.59. The lowest BCUT2D eigenvalue weighted by atomic mass is 10.2. The van der Waals surface area contributed by atoms with Gasteiger partial charge in [0.1, 0.15) is 12.4 Å². The van der Waals surface area contributed by atoms with Crippen molar-refractivity contribution in [3.8, 4) is 0 Å². The van der Waals surface area contributed by atoms with E-state index in [1.54, 1.807) is 6.20 Å². The molecule has 3 nitrogen and oxygen atoms in total. The molecule has 0 saturated carbocycles. The van der Waals surface area contributed by atoms with Gasteiger partial charge in [0.25, 0.3) is 0 Å². The minimum Gasteiger partial charge on any atom is -0.373 e. The first kappa shape index (κ1) is 9.26. The predicted molar refractivity (Wildman–Crippen MR) is 47.7 cm³/mol. The molecule has 0 N–H and O–H groups in total. The fourth-order valence-corrected chi connectivity index (χ4v) is 0.921. The van der Waals surface area contributed by atoms with E-state index in [1.165, 1.54) is 0 Å². The zero-order valence-corrected chi connectivity index (χ0v) is 7.95. The van der Waals surface area contributed by atoms with Gasteiger partial charge < -0.3 is 9.30 Å². The van der Waals surface area contributed by atoms with Crippen LogP contribution in [0, 0.1) is 5.92 Å². The van der Waals surface area contributed by atoms with Gasteiger partial charge in [-0.2, -0.15) is 0 Å². The van der Waals surface area contributed by atoms with E-state index in [9.17, 15) is 0 Å². The van der Waals surface area contributed by atoms with Crippen LogP contribution in [0.2, 0.25) is 0 Å². The minimum absolute atomic E-state index is 0.588. The SMILES string of the molecule is CC(C)COCc1nccn1C. The lowest BCUT2D eigenvalue weighted by molar-refractivity contribution is 0.0908. The average Bonchev–Trinajstić information content (AvgIpc) is 2.36. The van der Waals surface area contributed by atoms with Gasteiger partial charge in [0, 0.05) is 26.0 Å². The summed E-state index contributed by atoms with van der Waals surface area (Å²) in [5.41, 5.74) is 0. The van der Waals surface area contributed by atoms with Crippen LogP contribution in [-0.2, 0) is 18.4 Å². The zero-order valence-electron chi connectivity index (χ0n) is 7.95. The molecule has 0 unspecified atom stereocenters. The van der Waals surface area contributed by atoms with Crippen LogP contribution >= 0.6 is 0 Å². The third-order valence-electron chi connectivity index (χ3n) is 1.60. The number of hydrogen-bond donors (Lipinski definition) is 0. The summed E-state index contributed by atoms with van der Waals surface area (Å²) in [6, 6.07) is 0. The Hall–Kier alpha value is -0.830. The third kappa shape index (κ3) is 2.66. The Morgan fingerprint density at radius 2 is 2.33 bits per heavy atom. The highest BCUT2D eigenvalue weighted by molar-refractivity contribution is 4.88.